The highest BCUT2D eigenvalue weighted by atomic mass is 19.4. The van der Waals surface area contributed by atoms with Gasteiger partial charge in [-0.1, -0.05) is 6.07 Å². The van der Waals surface area contributed by atoms with Gasteiger partial charge in [0.15, 0.2) is 23.1 Å². The van der Waals surface area contributed by atoms with Gasteiger partial charge in [0.05, 0.1) is 5.70 Å². The molecule has 0 aliphatic rings. The van der Waals surface area contributed by atoms with E-state index in [0.29, 0.717) is 0 Å². The number of nitrogens with one attached hydrogen (secondary N) is 2. The standard InChI is InChI=1S/C25H17F6N5O2/c1-14(32)9-21(33-15-3-2-4-17(10-15)38-25(29,30)31)24-23(37)7-8-36(34-24)22-6-5-16(11-18(22)26)35-12-19(27)20(28)13-35/h2-13,32-33H,1H3/b21-9-,32-14?. The first-order valence-corrected chi connectivity index (χ1v) is 10.7. The van der Waals surface area contributed by atoms with E-state index in [0.717, 1.165) is 45.9 Å². The highest BCUT2D eigenvalue weighted by Crippen LogP contribution is 2.27. The number of allylic oxidation sites excluding steroid dienone is 1. The Hall–Kier alpha value is -4.81. The Kier molecular flexibility index (Phi) is 7.10. The fraction of sp³-hybridized carbons (Fsp3) is 0.0800. The number of hydrogen-bond donors (Lipinski definition) is 2. The zero-order valence-electron chi connectivity index (χ0n) is 19.4. The SMILES string of the molecule is CC(=N)/C=C(\Nc1cccc(OC(F)(F)F)c1)c1nn(-c2ccc(-n3cc(F)c(F)c3)cc2F)ccc1=O. The summed E-state index contributed by atoms with van der Waals surface area (Å²) < 4.78 is 85.5. The Labute approximate surface area is 210 Å². The second kappa shape index (κ2) is 10.3. The van der Waals surface area contributed by atoms with E-state index in [4.69, 9.17) is 5.41 Å². The minimum Gasteiger partial charge on any atom is -0.406 e. The Morgan fingerprint density at radius 2 is 1.74 bits per heavy atom. The summed E-state index contributed by atoms with van der Waals surface area (Å²) in [6.45, 7) is 1.40. The van der Waals surface area contributed by atoms with Gasteiger partial charge in [-0.15, -0.1) is 13.2 Å². The molecule has 0 saturated carbocycles. The second-order valence-corrected chi connectivity index (χ2v) is 7.91. The van der Waals surface area contributed by atoms with E-state index in [1.165, 1.54) is 43.5 Å². The maximum atomic E-state index is 15.0. The van der Waals surface area contributed by atoms with Crippen molar-refractivity contribution in [1.29, 1.82) is 5.41 Å². The van der Waals surface area contributed by atoms with Crippen LogP contribution >= 0.6 is 0 Å². The fourth-order valence-electron chi connectivity index (χ4n) is 3.43. The number of benzene rings is 2. The molecule has 4 aromatic rings. The number of ether oxygens (including phenoxy) is 1. The first kappa shape index (κ1) is 26.3. The van der Waals surface area contributed by atoms with Gasteiger partial charge in [0, 0.05) is 53.9 Å². The van der Waals surface area contributed by atoms with Crippen molar-refractivity contribution in [2.45, 2.75) is 13.3 Å². The summed E-state index contributed by atoms with van der Waals surface area (Å²) in [4.78, 5) is 12.7. The van der Waals surface area contributed by atoms with Crippen LogP contribution in [0.25, 0.3) is 17.1 Å². The molecule has 2 N–H and O–H groups in total. The van der Waals surface area contributed by atoms with Crippen LogP contribution in [0.5, 0.6) is 5.75 Å². The quantitative estimate of drug-likeness (QED) is 0.231. The average Bonchev–Trinajstić information content (AvgIpc) is 3.16. The summed E-state index contributed by atoms with van der Waals surface area (Å²) in [5.41, 5.74) is -0.853. The molecule has 0 amide bonds. The van der Waals surface area contributed by atoms with Gasteiger partial charge in [-0.2, -0.15) is 5.10 Å². The monoisotopic (exact) mass is 533 g/mol. The van der Waals surface area contributed by atoms with Crippen molar-refractivity contribution in [2.75, 3.05) is 5.32 Å². The lowest BCUT2D eigenvalue weighted by atomic mass is 10.2. The van der Waals surface area contributed by atoms with E-state index in [2.05, 4.69) is 15.2 Å². The number of halogens is 6. The third-order valence-electron chi connectivity index (χ3n) is 4.98. The van der Waals surface area contributed by atoms with E-state index in [-0.39, 0.29) is 34.2 Å². The molecular formula is C25H17F6N5O2. The van der Waals surface area contributed by atoms with Crippen LogP contribution in [-0.4, -0.2) is 26.4 Å². The van der Waals surface area contributed by atoms with Gasteiger partial charge in [0.1, 0.15) is 11.4 Å². The lowest BCUT2D eigenvalue weighted by Crippen LogP contribution is -2.19. The van der Waals surface area contributed by atoms with Gasteiger partial charge in [-0.25, -0.2) is 17.9 Å². The Bertz CT molecular complexity index is 1590. The molecule has 0 unspecified atom stereocenters. The minimum atomic E-state index is -4.92. The van der Waals surface area contributed by atoms with Gasteiger partial charge in [-0.05, 0) is 37.3 Å². The highest BCUT2D eigenvalue weighted by molar-refractivity contribution is 5.98. The molecule has 0 aliphatic carbocycles. The number of hydrogen-bond acceptors (Lipinski definition) is 5. The molecule has 0 saturated heterocycles. The van der Waals surface area contributed by atoms with Crippen LogP contribution in [0.15, 0.2) is 78.0 Å². The lowest BCUT2D eigenvalue weighted by molar-refractivity contribution is -0.274. The minimum absolute atomic E-state index is 0.0199. The molecule has 13 heteroatoms. The average molecular weight is 533 g/mol. The van der Waals surface area contributed by atoms with E-state index >= 15 is 0 Å². The topological polar surface area (TPSA) is 84.9 Å². The molecule has 2 aromatic carbocycles. The van der Waals surface area contributed by atoms with Crippen LogP contribution in [0.1, 0.15) is 12.6 Å². The van der Waals surface area contributed by atoms with Crippen molar-refractivity contribution >= 4 is 17.1 Å². The number of anilines is 1. The number of alkyl halides is 3. The fourth-order valence-corrected chi connectivity index (χ4v) is 3.43. The normalized spacial score (nSPS) is 11.9. The molecule has 2 heterocycles. The van der Waals surface area contributed by atoms with Crippen LogP contribution < -0.4 is 15.5 Å². The van der Waals surface area contributed by atoms with Gasteiger partial charge >= 0.3 is 6.36 Å². The second-order valence-electron chi connectivity index (χ2n) is 7.91. The summed E-state index contributed by atoms with van der Waals surface area (Å²) >= 11 is 0. The molecule has 0 spiro atoms. The molecule has 38 heavy (non-hydrogen) atoms. The Balaban J connectivity index is 1.70. The molecule has 0 radical (unpaired) electrons. The summed E-state index contributed by atoms with van der Waals surface area (Å²) in [7, 11) is 0. The van der Waals surface area contributed by atoms with Crippen molar-refractivity contribution in [2.24, 2.45) is 0 Å². The molecule has 196 valence electrons. The van der Waals surface area contributed by atoms with Crippen LogP contribution in [0.3, 0.4) is 0 Å². The van der Waals surface area contributed by atoms with Crippen LogP contribution in [-0.2, 0) is 0 Å². The number of nitrogens with zero attached hydrogens (tertiary/aromatic N) is 3. The molecule has 7 nitrogen and oxygen atoms in total. The van der Waals surface area contributed by atoms with E-state index in [1.807, 2.05) is 0 Å². The molecule has 0 bridgehead atoms. The summed E-state index contributed by atoms with van der Waals surface area (Å²) in [5, 5.41) is 14.7. The first-order chi connectivity index (χ1) is 17.9. The van der Waals surface area contributed by atoms with Crippen molar-refractivity contribution in [3.63, 3.8) is 0 Å². The van der Waals surface area contributed by atoms with E-state index in [1.54, 1.807) is 0 Å². The van der Waals surface area contributed by atoms with Gasteiger partial charge in [0.2, 0.25) is 5.43 Å². The lowest BCUT2D eigenvalue weighted by Gasteiger charge is -2.15. The third kappa shape index (κ3) is 6.11. The largest absolute Gasteiger partial charge is 0.573 e. The van der Waals surface area contributed by atoms with E-state index < -0.39 is 35.0 Å². The molecule has 0 atom stereocenters. The highest BCUT2D eigenvalue weighted by Gasteiger charge is 2.31. The van der Waals surface area contributed by atoms with E-state index in [9.17, 15) is 31.1 Å². The van der Waals surface area contributed by atoms with Crippen LogP contribution in [0, 0.1) is 22.9 Å². The number of aromatic nitrogens is 3. The van der Waals surface area contributed by atoms with Crippen molar-refractivity contribution < 1.29 is 31.1 Å². The molecule has 2 aromatic heterocycles. The molecule has 4 rings (SSSR count). The van der Waals surface area contributed by atoms with Crippen molar-refractivity contribution in [3.05, 3.63) is 107 Å². The zero-order chi connectivity index (χ0) is 27.6. The van der Waals surface area contributed by atoms with Crippen molar-refractivity contribution in [3.8, 4) is 17.1 Å². The molecular weight excluding hydrogens is 516 g/mol. The Morgan fingerprint density at radius 1 is 1.03 bits per heavy atom. The molecule has 0 fully saturated rings. The van der Waals surface area contributed by atoms with Crippen LogP contribution in [0.4, 0.5) is 32.0 Å². The van der Waals surface area contributed by atoms with Crippen LogP contribution in [0.2, 0.25) is 0 Å². The maximum absolute atomic E-state index is 15.0. The predicted octanol–water partition coefficient (Wildman–Crippen LogP) is 5.83. The van der Waals surface area contributed by atoms with Gasteiger partial charge in [-0.3, -0.25) is 4.79 Å². The Morgan fingerprint density at radius 3 is 2.37 bits per heavy atom. The summed E-state index contributed by atoms with van der Waals surface area (Å²) in [6, 6.07) is 9.56. The number of rotatable bonds is 7. The smallest absolute Gasteiger partial charge is 0.406 e. The third-order valence-corrected chi connectivity index (χ3v) is 4.98. The van der Waals surface area contributed by atoms with Gasteiger partial charge < -0.3 is 20.0 Å². The summed E-state index contributed by atoms with van der Waals surface area (Å²) in [5.74, 6) is -3.57. The van der Waals surface area contributed by atoms with Gasteiger partial charge in [0.25, 0.3) is 0 Å². The predicted molar refractivity (Wildman–Crippen MR) is 127 cm³/mol. The molecule has 0 aliphatic heterocycles. The van der Waals surface area contributed by atoms with Crippen molar-refractivity contribution in [1.82, 2.24) is 14.3 Å². The summed E-state index contributed by atoms with van der Waals surface area (Å²) in [6.07, 6.45) is -0.820. The maximum Gasteiger partial charge on any atom is 0.573 e. The zero-order valence-corrected chi connectivity index (χ0v) is 19.4. The first-order valence-electron chi connectivity index (χ1n) is 10.7.